The van der Waals surface area contributed by atoms with Gasteiger partial charge in [0.05, 0.1) is 13.3 Å². The second kappa shape index (κ2) is 4.84. The van der Waals surface area contributed by atoms with Crippen LogP contribution in [0.1, 0.15) is 26.3 Å². The molecule has 0 aliphatic carbocycles. The molecule has 3 nitrogen and oxygen atoms in total. The average Bonchev–Trinajstić information content (AvgIpc) is 2.59. The predicted molar refractivity (Wildman–Crippen MR) is 58.9 cm³/mol. The van der Waals surface area contributed by atoms with Crippen LogP contribution in [0, 0.1) is 0 Å². The number of hydrogen-bond donors (Lipinski definition) is 1. The summed E-state index contributed by atoms with van der Waals surface area (Å²) in [7, 11) is 1.66. The molecule has 1 aromatic rings. The zero-order valence-corrected chi connectivity index (χ0v) is 9.29. The molecule has 1 unspecified atom stereocenters. The van der Waals surface area contributed by atoms with Gasteiger partial charge in [-0.25, -0.2) is 4.98 Å². The van der Waals surface area contributed by atoms with Crippen LogP contribution in [0.3, 0.4) is 0 Å². The fourth-order valence-electron chi connectivity index (χ4n) is 1.50. The monoisotopic (exact) mass is 194 g/mol. The lowest BCUT2D eigenvalue weighted by Crippen LogP contribution is -2.08. The van der Waals surface area contributed by atoms with Gasteiger partial charge >= 0.3 is 0 Å². The summed E-state index contributed by atoms with van der Waals surface area (Å²) in [5.74, 6) is 1.84. The van der Waals surface area contributed by atoms with Gasteiger partial charge in [0.1, 0.15) is 11.6 Å². The Morgan fingerprint density at radius 3 is 2.86 bits per heavy atom. The summed E-state index contributed by atoms with van der Waals surface area (Å²) in [6.45, 7) is 6.15. The van der Waals surface area contributed by atoms with E-state index in [9.17, 15) is 0 Å². The third kappa shape index (κ3) is 2.16. The molecule has 3 heteroatoms. The van der Waals surface area contributed by atoms with Crippen LogP contribution in [0.4, 0.5) is 5.82 Å². The Balaban J connectivity index is 0.000000461. The van der Waals surface area contributed by atoms with E-state index < -0.39 is 0 Å². The SMILES string of the molecule is CC.COc1cnc2c(c1)CC(C)N2. The van der Waals surface area contributed by atoms with Crippen LogP contribution in [-0.4, -0.2) is 18.1 Å². The number of methoxy groups -OCH3 is 1. The number of ether oxygens (including phenoxy) is 1. The summed E-state index contributed by atoms with van der Waals surface area (Å²) in [6.07, 6.45) is 2.78. The number of fused-ring (bicyclic) bond motifs is 1. The molecule has 1 aliphatic heterocycles. The molecule has 0 aromatic carbocycles. The number of hydrogen-bond acceptors (Lipinski definition) is 3. The van der Waals surface area contributed by atoms with E-state index in [4.69, 9.17) is 4.74 Å². The number of rotatable bonds is 1. The highest BCUT2D eigenvalue weighted by Gasteiger charge is 2.17. The number of nitrogens with one attached hydrogen (secondary N) is 1. The zero-order chi connectivity index (χ0) is 10.6. The van der Waals surface area contributed by atoms with Gasteiger partial charge < -0.3 is 10.1 Å². The Kier molecular flexibility index (Phi) is 3.74. The highest BCUT2D eigenvalue weighted by Crippen LogP contribution is 2.26. The van der Waals surface area contributed by atoms with Crippen molar-refractivity contribution in [2.24, 2.45) is 0 Å². The van der Waals surface area contributed by atoms with Crippen molar-refractivity contribution in [3.8, 4) is 5.75 Å². The van der Waals surface area contributed by atoms with E-state index in [1.165, 1.54) is 5.56 Å². The lowest BCUT2D eigenvalue weighted by molar-refractivity contribution is 0.412. The summed E-state index contributed by atoms with van der Waals surface area (Å²) >= 11 is 0. The van der Waals surface area contributed by atoms with Gasteiger partial charge in [0.2, 0.25) is 0 Å². The van der Waals surface area contributed by atoms with Crippen LogP contribution < -0.4 is 10.1 Å². The molecule has 0 fully saturated rings. The quantitative estimate of drug-likeness (QED) is 0.745. The molecule has 14 heavy (non-hydrogen) atoms. The third-order valence-corrected chi connectivity index (χ3v) is 2.09. The smallest absolute Gasteiger partial charge is 0.137 e. The van der Waals surface area contributed by atoms with Crippen LogP contribution in [0.5, 0.6) is 5.75 Å². The molecule has 0 saturated carbocycles. The first-order valence-electron chi connectivity index (χ1n) is 5.09. The van der Waals surface area contributed by atoms with Gasteiger partial charge in [0.15, 0.2) is 0 Å². The van der Waals surface area contributed by atoms with Crippen LogP contribution in [0.2, 0.25) is 0 Å². The molecule has 0 saturated heterocycles. The number of aromatic nitrogens is 1. The second-order valence-electron chi connectivity index (χ2n) is 3.13. The molecular formula is C11H18N2O. The molecule has 1 N–H and O–H groups in total. The van der Waals surface area contributed by atoms with E-state index in [0.29, 0.717) is 6.04 Å². The fourth-order valence-corrected chi connectivity index (χ4v) is 1.50. The third-order valence-electron chi connectivity index (χ3n) is 2.09. The van der Waals surface area contributed by atoms with E-state index in [-0.39, 0.29) is 0 Å². The van der Waals surface area contributed by atoms with Crippen molar-refractivity contribution in [3.05, 3.63) is 17.8 Å². The summed E-state index contributed by atoms with van der Waals surface area (Å²) in [5.41, 5.74) is 1.25. The minimum absolute atomic E-state index is 0.500. The summed E-state index contributed by atoms with van der Waals surface area (Å²) < 4.78 is 5.08. The molecule has 1 aromatic heterocycles. The molecule has 2 rings (SSSR count). The topological polar surface area (TPSA) is 34.1 Å². The number of anilines is 1. The molecule has 1 aliphatic rings. The lowest BCUT2D eigenvalue weighted by atomic mass is 10.2. The maximum absolute atomic E-state index is 5.08. The summed E-state index contributed by atoms with van der Waals surface area (Å²) in [6, 6.07) is 2.54. The second-order valence-corrected chi connectivity index (χ2v) is 3.13. The Morgan fingerprint density at radius 2 is 2.21 bits per heavy atom. The fraction of sp³-hybridized carbons (Fsp3) is 0.545. The van der Waals surface area contributed by atoms with Gasteiger partial charge in [0.25, 0.3) is 0 Å². The molecule has 0 radical (unpaired) electrons. The maximum atomic E-state index is 5.08. The van der Waals surface area contributed by atoms with Crippen molar-refractivity contribution in [1.82, 2.24) is 4.98 Å². The Hall–Kier alpha value is -1.25. The number of nitrogens with zero attached hydrogens (tertiary/aromatic N) is 1. The van der Waals surface area contributed by atoms with Gasteiger partial charge in [0, 0.05) is 11.6 Å². The maximum Gasteiger partial charge on any atom is 0.137 e. The van der Waals surface area contributed by atoms with Crippen LogP contribution in [-0.2, 0) is 6.42 Å². The van der Waals surface area contributed by atoms with Crippen molar-refractivity contribution in [3.63, 3.8) is 0 Å². The average molecular weight is 194 g/mol. The number of pyridine rings is 1. The van der Waals surface area contributed by atoms with Crippen molar-refractivity contribution >= 4 is 5.82 Å². The summed E-state index contributed by atoms with van der Waals surface area (Å²) in [5, 5.41) is 3.28. The molecule has 2 heterocycles. The first-order chi connectivity index (χ1) is 6.79. The van der Waals surface area contributed by atoms with Gasteiger partial charge in [-0.05, 0) is 19.4 Å². The highest BCUT2D eigenvalue weighted by atomic mass is 16.5. The standard InChI is InChI=1S/C9H12N2O.C2H6/c1-6-3-7-4-8(12-2)5-10-9(7)11-6;1-2/h4-6H,3H2,1-2H3,(H,10,11);1-2H3. The van der Waals surface area contributed by atoms with Crippen molar-refractivity contribution in [2.75, 3.05) is 12.4 Å². The summed E-state index contributed by atoms with van der Waals surface area (Å²) in [4.78, 5) is 4.24. The Morgan fingerprint density at radius 1 is 1.50 bits per heavy atom. The van der Waals surface area contributed by atoms with Gasteiger partial charge in [-0.2, -0.15) is 0 Å². The van der Waals surface area contributed by atoms with Crippen molar-refractivity contribution in [1.29, 1.82) is 0 Å². The van der Waals surface area contributed by atoms with E-state index in [0.717, 1.165) is 18.0 Å². The minimum Gasteiger partial charge on any atom is -0.495 e. The van der Waals surface area contributed by atoms with Gasteiger partial charge in [-0.1, -0.05) is 13.8 Å². The van der Waals surface area contributed by atoms with Crippen molar-refractivity contribution in [2.45, 2.75) is 33.2 Å². The van der Waals surface area contributed by atoms with Crippen LogP contribution in [0.15, 0.2) is 12.3 Å². The Bertz CT molecular complexity index is 299. The molecule has 78 valence electrons. The highest BCUT2D eigenvalue weighted by molar-refractivity contribution is 5.52. The van der Waals surface area contributed by atoms with E-state index in [1.54, 1.807) is 13.3 Å². The predicted octanol–water partition coefficient (Wildman–Crippen LogP) is 2.47. The van der Waals surface area contributed by atoms with E-state index in [2.05, 4.69) is 17.2 Å². The first-order valence-corrected chi connectivity index (χ1v) is 5.09. The van der Waals surface area contributed by atoms with Gasteiger partial charge in [-0.3, -0.25) is 0 Å². The first kappa shape index (κ1) is 10.8. The molecule has 0 bridgehead atoms. The van der Waals surface area contributed by atoms with E-state index >= 15 is 0 Å². The molecule has 0 amide bonds. The van der Waals surface area contributed by atoms with Gasteiger partial charge in [-0.15, -0.1) is 0 Å². The zero-order valence-electron chi connectivity index (χ0n) is 9.29. The lowest BCUT2D eigenvalue weighted by Gasteiger charge is -2.01. The Labute approximate surface area is 85.5 Å². The molecule has 0 spiro atoms. The van der Waals surface area contributed by atoms with E-state index in [1.807, 2.05) is 19.9 Å². The molecule has 1 atom stereocenters. The van der Waals surface area contributed by atoms with Crippen molar-refractivity contribution < 1.29 is 4.74 Å². The van der Waals surface area contributed by atoms with Crippen LogP contribution >= 0.6 is 0 Å². The normalized spacial score (nSPS) is 17.6. The minimum atomic E-state index is 0.500. The largest absolute Gasteiger partial charge is 0.495 e. The van der Waals surface area contributed by atoms with Crippen LogP contribution in [0.25, 0.3) is 0 Å². The molecular weight excluding hydrogens is 176 g/mol.